The number of nitrogens with zero attached hydrogens (tertiary/aromatic N) is 2. The van der Waals surface area contributed by atoms with Gasteiger partial charge >= 0.3 is 0 Å². The van der Waals surface area contributed by atoms with Crippen LogP contribution in [0.4, 0.5) is 5.95 Å². The average Bonchev–Trinajstić information content (AvgIpc) is 2.85. The molecule has 1 aromatic carbocycles. The van der Waals surface area contributed by atoms with Crippen LogP contribution in [0.3, 0.4) is 0 Å². The Labute approximate surface area is 107 Å². The molecule has 1 aliphatic rings. The van der Waals surface area contributed by atoms with E-state index in [1.807, 2.05) is 18.5 Å². The third-order valence-corrected chi connectivity index (χ3v) is 3.44. The Balaban J connectivity index is 1.94. The first-order valence-electron chi connectivity index (χ1n) is 6.20. The summed E-state index contributed by atoms with van der Waals surface area (Å²) in [5.74, 6) is 1.88. The van der Waals surface area contributed by atoms with Crippen LogP contribution in [-0.2, 0) is 6.54 Å². The molecule has 0 fully saturated rings. The maximum absolute atomic E-state index is 5.46. The molecule has 18 heavy (non-hydrogen) atoms. The molecule has 1 atom stereocenters. The minimum absolute atomic E-state index is 0.273. The highest BCUT2D eigenvalue weighted by molar-refractivity contribution is 5.44. The number of ether oxygens (including phenoxy) is 1. The first-order valence-corrected chi connectivity index (χ1v) is 6.20. The van der Waals surface area contributed by atoms with E-state index in [1.165, 1.54) is 11.1 Å². The molecule has 94 valence electrons. The molecule has 0 spiro atoms. The van der Waals surface area contributed by atoms with Crippen LogP contribution in [0.15, 0.2) is 30.6 Å². The van der Waals surface area contributed by atoms with Crippen molar-refractivity contribution < 1.29 is 4.74 Å². The van der Waals surface area contributed by atoms with Gasteiger partial charge in [0.2, 0.25) is 5.95 Å². The van der Waals surface area contributed by atoms with Gasteiger partial charge < -0.3 is 14.6 Å². The number of aromatic nitrogens is 2. The molecule has 0 saturated heterocycles. The Hall–Kier alpha value is -1.97. The van der Waals surface area contributed by atoms with Crippen LogP contribution in [-0.4, -0.2) is 16.7 Å². The molecule has 0 radical (unpaired) electrons. The van der Waals surface area contributed by atoms with Gasteiger partial charge in [-0.05, 0) is 19.4 Å². The van der Waals surface area contributed by atoms with Gasteiger partial charge in [0, 0.05) is 24.5 Å². The summed E-state index contributed by atoms with van der Waals surface area (Å²) in [6, 6.07) is 6.57. The summed E-state index contributed by atoms with van der Waals surface area (Å²) in [4.78, 5) is 4.32. The number of hydrogen-bond donors (Lipinski definition) is 1. The van der Waals surface area contributed by atoms with Crippen LogP contribution in [0.1, 0.15) is 23.6 Å². The SMILES string of the molecule is COc1ccc(C)cc1C1CCn2ccnc2N1. The number of nitrogens with one attached hydrogen (secondary N) is 1. The van der Waals surface area contributed by atoms with Gasteiger partial charge in [-0.2, -0.15) is 0 Å². The van der Waals surface area contributed by atoms with E-state index in [9.17, 15) is 0 Å². The Morgan fingerprint density at radius 3 is 3.17 bits per heavy atom. The minimum atomic E-state index is 0.273. The van der Waals surface area contributed by atoms with Crippen LogP contribution in [0.5, 0.6) is 5.75 Å². The lowest BCUT2D eigenvalue weighted by molar-refractivity contribution is 0.402. The number of imidazole rings is 1. The summed E-state index contributed by atoms with van der Waals surface area (Å²) >= 11 is 0. The second-order valence-electron chi connectivity index (χ2n) is 4.68. The van der Waals surface area contributed by atoms with Gasteiger partial charge in [-0.3, -0.25) is 0 Å². The zero-order valence-corrected chi connectivity index (χ0v) is 10.7. The topological polar surface area (TPSA) is 39.1 Å². The van der Waals surface area contributed by atoms with Crippen LogP contribution in [0, 0.1) is 6.92 Å². The Morgan fingerprint density at radius 2 is 2.33 bits per heavy atom. The molecule has 1 aromatic heterocycles. The standard InChI is InChI=1S/C14H17N3O/c1-10-3-4-13(18-2)11(9-10)12-5-7-17-8-6-15-14(17)16-12/h3-4,6,8-9,12H,5,7H2,1-2H3,(H,15,16). The molecule has 0 amide bonds. The van der Waals surface area contributed by atoms with E-state index in [-0.39, 0.29) is 6.04 Å². The predicted octanol–water partition coefficient (Wildman–Crippen LogP) is 2.76. The highest BCUT2D eigenvalue weighted by Crippen LogP contribution is 2.33. The van der Waals surface area contributed by atoms with Crippen molar-refractivity contribution in [1.82, 2.24) is 9.55 Å². The van der Waals surface area contributed by atoms with E-state index in [2.05, 4.69) is 33.9 Å². The fraction of sp³-hybridized carbons (Fsp3) is 0.357. The molecule has 3 rings (SSSR count). The number of hydrogen-bond acceptors (Lipinski definition) is 3. The summed E-state index contributed by atoms with van der Waals surface area (Å²) in [5.41, 5.74) is 2.47. The van der Waals surface area contributed by atoms with E-state index >= 15 is 0 Å². The largest absolute Gasteiger partial charge is 0.496 e. The number of rotatable bonds is 2. The lowest BCUT2D eigenvalue weighted by Crippen LogP contribution is -2.22. The Morgan fingerprint density at radius 1 is 1.44 bits per heavy atom. The van der Waals surface area contributed by atoms with Gasteiger partial charge in [0.15, 0.2) is 0 Å². The third kappa shape index (κ3) is 1.83. The number of anilines is 1. The van der Waals surface area contributed by atoms with Crippen molar-refractivity contribution in [1.29, 1.82) is 0 Å². The van der Waals surface area contributed by atoms with Crippen molar-refractivity contribution in [3.63, 3.8) is 0 Å². The minimum Gasteiger partial charge on any atom is -0.496 e. The number of benzene rings is 1. The fourth-order valence-corrected chi connectivity index (χ4v) is 2.49. The second kappa shape index (κ2) is 4.37. The van der Waals surface area contributed by atoms with Gasteiger partial charge in [-0.25, -0.2) is 4.98 Å². The van der Waals surface area contributed by atoms with Crippen LogP contribution in [0.25, 0.3) is 0 Å². The van der Waals surface area contributed by atoms with E-state index in [0.717, 1.165) is 24.7 Å². The smallest absolute Gasteiger partial charge is 0.203 e. The van der Waals surface area contributed by atoms with E-state index in [1.54, 1.807) is 7.11 Å². The molecule has 2 aromatic rings. The van der Waals surface area contributed by atoms with E-state index in [0.29, 0.717) is 0 Å². The summed E-state index contributed by atoms with van der Waals surface area (Å²) in [5, 5.41) is 3.47. The number of fused-ring (bicyclic) bond motifs is 1. The van der Waals surface area contributed by atoms with Crippen LogP contribution < -0.4 is 10.1 Å². The van der Waals surface area contributed by atoms with Gasteiger partial charge in [-0.1, -0.05) is 17.7 Å². The molecule has 1 aliphatic heterocycles. The predicted molar refractivity (Wildman–Crippen MR) is 70.9 cm³/mol. The summed E-state index contributed by atoms with van der Waals surface area (Å²) < 4.78 is 7.59. The van der Waals surface area contributed by atoms with Crippen molar-refractivity contribution in [3.8, 4) is 5.75 Å². The highest BCUT2D eigenvalue weighted by atomic mass is 16.5. The molecule has 0 aliphatic carbocycles. The lowest BCUT2D eigenvalue weighted by atomic mass is 9.99. The molecule has 4 nitrogen and oxygen atoms in total. The Kier molecular flexibility index (Phi) is 2.70. The number of methoxy groups -OCH3 is 1. The maximum Gasteiger partial charge on any atom is 0.203 e. The lowest BCUT2D eigenvalue weighted by Gasteiger charge is -2.27. The van der Waals surface area contributed by atoms with Crippen molar-refractivity contribution in [3.05, 3.63) is 41.7 Å². The molecular formula is C14H17N3O. The molecule has 2 heterocycles. The zero-order valence-electron chi connectivity index (χ0n) is 10.7. The molecule has 4 heteroatoms. The summed E-state index contributed by atoms with van der Waals surface area (Å²) in [7, 11) is 1.72. The van der Waals surface area contributed by atoms with Gasteiger partial charge in [-0.15, -0.1) is 0 Å². The quantitative estimate of drug-likeness (QED) is 0.881. The van der Waals surface area contributed by atoms with E-state index < -0.39 is 0 Å². The van der Waals surface area contributed by atoms with Gasteiger partial charge in [0.25, 0.3) is 0 Å². The van der Waals surface area contributed by atoms with E-state index in [4.69, 9.17) is 4.74 Å². The van der Waals surface area contributed by atoms with Gasteiger partial charge in [0.05, 0.1) is 13.2 Å². The van der Waals surface area contributed by atoms with Gasteiger partial charge in [0.1, 0.15) is 5.75 Å². The fourth-order valence-electron chi connectivity index (χ4n) is 2.49. The number of aryl methyl sites for hydroxylation is 2. The first-order chi connectivity index (χ1) is 8.78. The van der Waals surface area contributed by atoms with Crippen LogP contribution in [0.2, 0.25) is 0 Å². The Bertz CT molecular complexity index is 562. The molecule has 1 unspecified atom stereocenters. The maximum atomic E-state index is 5.46. The third-order valence-electron chi connectivity index (χ3n) is 3.44. The molecular weight excluding hydrogens is 226 g/mol. The molecule has 1 N–H and O–H groups in total. The highest BCUT2D eigenvalue weighted by Gasteiger charge is 2.22. The van der Waals surface area contributed by atoms with Crippen molar-refractivity contribution in [2.24, 2.45) is 0 Å². The molecule has 0 saturated carbocycles. The van der Waals surface area contributed by atoms with Crippen molar-refractivity contribution in [2.75, 3.05) is 12.4 Å². The monoisotopic (exact) mass is 243 g/mol. The second-order valence-corrected chi connectivity index (χ2v) is 4.68. The summed E-state index contributed by atoms with van der Waals surface area (Å²) in [6.45, 7) is 3.09. The summed E-state index contributed by atoms with van der Waals surface area (Å²) in [6.07, 6.45) is 4.88. The van der Waals surface area contributed by atoms with Crippen molar-refractivity contribution >= 4 is 5.95 Å². The first kappa shape index (κ1) is 11.1. The van der Waals surface area contributed by atoms with Crippen molar-refractivity contribution in [2.45, 2.75) is 25.9 Å². The van der Waals surface area contributed by atoms with Crippen LogP contribution >= 0.6 is 0 Å². The normalized spacial score (nSPS) is 18.0. The average molecular weight is 243 g/mol. The zero-order chi connectivity index (χ0) is 12.5. The molecule has 0 bridgehead atoms.